The number of fused-ring (bicyclic) bond motifs is 1. The second-order valence-electron chi connectivity index (χ2n) is 5.54. The fourth-order valence-electron chi connectivity index (χ4n) is 2.49. The van der Waals surface area contributed by atoms with Gasteiger partial charge in [-0.2, -0.15) is 0 Å². The van der Waals surface area contributed by atoms with E-state index in [0.717, 1.165) is 21.5 Å². The molecule has 0 aliphatic rings. The zero-order chi connectivity index (χ0) is 14.3. The molecule has 102 valence electrons. The predicted octanol–water partition coefficient (Wildman–Crippen LogP) is 5.12. The molecule has 0 aliphatic carbocycles. The quantitative estimate of drug-likeness (QED) is 0.647. The summed E-state index contributed by atoms with van der Waals surface area (Å²) in [6.07, 6.45) is 0. The van der Waals surface area contributed by atoms with Gasteiger partial charge in [-0.25, -0.2) is 0 Å². The molecule has 20 heavy (non-hydrogen) atoms. The van der Waals surface area contributed by atoms with Crippen LogP contribution in [0.3, 0.4) is 0 Å². The van der Waals surface area contributed by atoms with E-state index in [1.165, 1.54) is 11.1 Å². The molecule has 1 heterocycles. The van der Waals surface area contributed by atoms with Crippen LogP contribution in [0, 0.1) is 11.7 Å². The van der Waals surface area contributed by atoms with Crippen LogP contribution in [0.5, 0.6) is 0 Å². The Hall–Kier alpha value is -1.87. The summed E-state index contributed by atoms with van der Waals surface area (Å²) in [5, 5.41) is 0. The van der Waals surface area contributed by atoms with E-state index in [9.17, 15) is 0 Å². The summed E-state index contributed by atoms with van der Waals surface area (Å²) in [4.78, 5) is 3.28. The van der Waals surface area contributed by atoms with Crippen LogP contribution < -0.4 is 0 Å². The van der Waals surface area contributed by atoms with E-state index in [-0.39, 0.29) is 0 Å². The number of hydrogen-bond donors (Lipinski definition) is 1. The van der Waals surface area contributed by atoms with Crippen LogP contribution in [0.2, 0.25) is 0 Å². The second-order valence-corrected chi connectivity index (χ2v) is 5.92. The highest BCUT2D eigenvalue weighted by Crippen LogP contribution is 2.23. The van der Waals surface area contributed by atoms with Crippen LogP contribution >= 0.6 is 12.2 Å². The Balaban J connectivity index is 2.29. The largest absolute Gasteiger partial charge is 0.330 e. The van der Waals surface area contributed by atoms with Crippen molar-refractivity contribution in [2.45, 2.75) is 26.7 Å². The van der Waals surface area contributed by atoms with Gasteiger partial charge >= 0.3 is 0 Å². The third-order valence-electron chi connectivity index (χ3n) is 3.63. The van der Waals surface area contributed by atoms with Crippen molar-refractivity contribution in [3.8, 4) is 5.69 Å². The van der Waals surface area contributed by atoms with Gasteiger partial charge in [0.2, 0.25) is 0 Å². The molecular weight excluding hydrogens is 264 g/mol. The number of aromatic nitrogens is 2. The Labute approximate surface area is 124 Å². The molecule has 0 saturated heterocycles. The molecule has 3 heteroatoms. The summed E-state index contributed by atoms with van der Waals surface area (Å²) in [5.74, 6) is 0.510. The van der Waals surface area contributed by atoms with E-state index in [1.807, 2.05) is 0 Å². The molecule has 1 N–H and O–H groups in total. The van der Waals surface area contributed by atoms with Crippen LogP contribution in [0.1, 0.15) is 30.9 Å². The smallest absolute Gasteiger partial charge is 0.182 e. The lowest BCUT2D eigenvalue weighted by Gasteiger charge is -2.10. The molecule has 2 aromatic carbocycles. The molecule has 0 radical (unpaired) electrons. The third-order valence-corrected chi connectivity index (χ3v) is 3.92. The number of rotatable bonds is 2. The number of hydrogen-bond acceptors (Lipinski definition) is 1. The lowest BCUT2D eigenvalue weighted by atomic mass is 10.0. The summed E-state index contributed by atoms with van der Waals surface area (Å²) in [6.45, 7) is 6.51. The van der Waals surface area contributed by atoms with Gasteiger partial charge in [0.25, 0.3) is 0 Å². The van der Waals surface area contributed by atoms with Crippen molar-refractivity contribution in [3.05, 3.63) is 58.4 Å². The van der Waals surface area contributed by atoms with E-state index in [2.05, 4.69) is 72.8 Å². The number of H-pyrrole nitrogens is 1. The first-order chi connectivity index (χ1) is 9.56. The number of nitrogens with zero attached hydrogens (tertiary/aromatic N) is 1. The minimum absolute atomic E-state index is 0.510. The Kier molecular flexibility index (Phi) is 3.22. The van der Waals surface area contributed by atoms with E-state index in [4.69, 9.17) is 12.2 Å². The van der Waals surface area contributed by atoms with Gasteiger partial charge < -0.3 is 4.98 Å². The normalized spacial score (nSPS) is 11.4. The first-order valence-corrected chi connectivity index (χ1v) is 7.29. The lowest BCUT2D eigenvalue weighted by molar-refractivity contribution is 0.863. The van der Waals surface area contributed by atoms with Gasteiger partial charge in [0.05, 0.1) is 11.0 Å². The molecule has 0 bridgehead atoms. The first kappa shape index (κ1) is 13.1. The van der Waals surface area contributed by atoms with E-state index >= 15 is 0 Å². The van der Waals surface area contributed by atoms with Gasteiger partial charge in [-0.15, -0.1) is 0 Å². The maximum Gasteiger partial charge on any atom is 0.182 e. The summed E-state index contributed by atoms with van der Waals surface area (Å²) >= 11 is 5.49. The topological polar surface area (TPSA) is 20.7 Å². The van der Waals surface area contributed by atoms with Gasteiger partial charge in [-0.1, -0.05) is 32.0 Å². The standard InChI is InChI=1S/C17H18N2S/c1-11(2)13-5-4-6-14(10-13)19-16-9-12(3)7-8-15(16)18-17(19)20/h4-11H,1-3H3,(H,18,20). The molecule has 3 aromatic rings. The second kappa shape index (κ2) is 4.91. The van der Waals surface area contributed by atoms with Crippen molar-refractivity contribution in [1.82, 2.24) is 9.55 Å². The average Bonchev–Trinajstić information content (AvgIpc) is 2.74. The van der Waals surface area contributed by atoms with Gasteiger partial charge in [0.15, 0.2) is 4.77 Å². The summed E-state index contributed by atoms with van der Waals surface area (Å²) in [6, 6.07) is 14.9. The maximum atomic E-state index is 5.49. The fourth-order valence-corrected chi connectivity index (χ4v) is 2.81. The first-order valence-electron chi connectivity index (χ1n) is 6.88. The van der Waals surface area contributed by atoms with Gasteiger partial charge in [-0.3, -0.25) is 4.57 Å². The monoisotopic (exact) mass is 282 g/mol. The van der Waals surface area contributed by atoms with Crippen molar-refractivity contribution in [3.63, 3.8) is 0 Å². The van der Waals surface area contributed by atoms with E-state index in [1.54, 1.807) is 0 Å². The molecular formula is C17H18N2S. The third kappa shape index (κ3) is 2.18. The summed E-state index contributed by atoms with van der Waals surface area (Å²) in [5.41, 5.74) is 5.90. The highest BCUT2D eigenvalue weighted by Gasteiger charge is 2.08. The number of nitrogens with one attached hydrogen (secondary N) is 1. The number of aryl methyl sites for hydroxylation is 1. The lowest BCUT2D eigenvalue weighted by Crippen LogP contribution is -1.96. The Morgan fingerprint density at radius 1 is 1.10 bits per heavy atom. The van der Waals surface area contributed by atoms with Crippen molar-refractivity contribution in [2.24, 2.45) is 0 Å². The number of imidazole rings is 1. The highest BCUT2D eigenvalue weighted by atomic mass is 32.1. The Bertz CT molecular complexity index is 824. The fraction of sp³-hybridized carbons (Fsp3) is 0.235. The molecule has 3 rings (SSSR count). The van der Waals surface area contributed by atoms with Crippen LogP contribution in [0.25, 0.3) is 16.7 Å². The Morgan fingerprint density at radius 3 is 2.65 bits per heavy atom. The molecule has 0 aliphatic heterocycles. The minimum atomic E-state index is 0.510. The number of aromatic amines is 1. The summed E-state index contributed by atoms with van der Waals surface area (Å²) < 4.78 is 2.86. The number of benzene rings is 2. The van der Waals surface area contributed by atoms with Crippen molar-refractivity contribution < 1.29 is 0 Å². The van der Waals surface area contributed by atoms with Gasteiger partial charge in [0.1, 0.15) is 0 Å². The van der Waals surface area contributed by atoms with Crippen LogP contribution in [0.4, 0.5) is 0 Å². The highest BCUT2D eigenvalue weighted by molar-refractivity contribution is 7.71. The molecule has 0 fully saturated rings. The van der Waals surface area contributed by atoms with Crippen molar-refractivity contribution in [2.75, 3.05) is 0 Å². The van der Waals surface area contributed by atoms with Crippen molar-refractivity contribution >= 4 is 23.3 Å². The summed E-state index contributed by atoms with van der Waals surface area (Å²) in [7, 11) is 0. The van der Waals surface area contributed by atoms with E-state index < -0.39 is 0 Å². The minimum Gasteiger partial charge on any atom is -0.330 e. The molecule has 2 nitrogen and oxygen atoms in total. The molecule has 0 saturated carbocycles. The molecule has 0 atom stereocenters. The zero-order valence-corrected chi connectivity index (χ0v) is 12.8. The average molecular weight is 282 g/mol. The molecule has 0 amide bonds. The molecule has 1 aromatic heterocycles. The predicted molar refractivity (Wildman–Crippen MR) is 87.3 cm³/mol. The van der Waals surface area contributed by atoms with Crippen LogP contribution in [-0.4, -0.2) is 9.55 Å². The van der Waals surface area contributed by atoms with Crippen LogP contribution in [-0.2, 0) is 0 Å². The van der Waals surface area contributed by atoms with E-state index in [0.29, 0.717) is 5.92 Å². The molecule has 0 unspecified atom stereocenters. The van der Waals surface area contributed by atoms with Gasteiger partial charge in [0, 0.05) is 5.69 Å². The SMILES string of the molecule is Cc1ccc2[nH]c(=S)n(-c3cccc(C(C)C)c3)c2c1. The van der Waals surface area contributed by atoms with Gasteiger partial charge in [-0.05, 0) is 60.5 Å². The van der Waals surface area contributed by atoms with Crippen molar-refractivity contribution in [1.29, 1.82) is 0 Å². The molecule has 0 spiro atoms. The van der Waals surface area contributed by atoms with Crippen LogP contribution in [0.15, 0.2) is 42.5 Å². The zero-order valence-electron chi connectivity index (χ0n) is 12.0. The maximum absolute atomic E-state index is 5.49. The Morgan fingerprint density at radius 2 is 1.90 bits per heavy atom.